The molecule has 17 heavy (non-hydrogen) atoms. The Hall–Kier alpha value is -0.170. The van der Waals surface area contributed by atoms with Crippen molar-refractivity contribution < 1.29 is 8.42 Å². The summed E-state index contributed by atoms with van der Waals surface area (Å²) in [5, 5.41) is 3.27. The van der Waals surface area contributed by atoms with E-state index in [1.54, 1.807) is 8.61 Å². The molecule has 6 heteroatoms. The lowest BCUT2D eigenvalue weighted by molar-refractivity contribution is 0.240. The maximum absolute atomic E-state index is 12.5. The first-order chi connectivity index (χ1) is 8.00. The molecule has 1 N–H and O–H groups in total. The Labute approximate surface area is 104 Å². The van der Waals surface area contributed by atoms with E-state index in [0.717, 1.165) is 19.4 Å². The van der Waals surface area contributed by atoms with Gasteiger partial charge < -0.3 is 5.32 Å². The minimum atomic E-state index is -3.22. The molecule has 0 aromatic carbocycles. The molecule has 0 saturated carbocycles. The lowest BCUT2D eigenvalue weighted by Crippen LogP contribution is -2.56. The number of piperazine rings is 1. The van der Waals surface area contributed by atoms with E-state index in [2.05, 4.69) is 12.2 Å². The van der Waals surface area contributed by atoms with Gasteiger partial charge in [-0.05, 0) is 25.7 Å². The third-order valence-corrected chi connectivity index (χ3v) is 5.57. The average Bonchev–Trinajstić information content (AvgIpc) is 2.29. The Morgan fingerprint density at radius 3 is 2.47 bits per heavy atom. The van der Waals surface area contributed by atoms with Gasteiger partial charge in [-0.1, -0.05) is 6.92 Å². The summed E-state index contributed by atoms with van der Waals surface area (Å²) in [4.78, 5) is 0. The second-order valence-electron chi connectivity index (χ2n) is 5.33. The van der Waals surface area contributed by atoms with E-state index >= 15 is 0 Å². The molecule has 2 atom stereocenters. The molecular formula is C11H23N3O2S. The molecule has 0 bridgehead atoms. The van der Waals surface area contributed by atoms with Gasteiger partial charge in [-0.25, -0.2) is 0 Å². The van der Waals surface area contributed by atoms with E-state index in [1.807, 2.05) is 6.92 Å². The van der Waals surface area contributed by atoms with E-state index in [-0.39, 0.29) is 6.04 Å². The highest BCUT2D eigenvalue weighted by molar-refractivity contribution is 7.86. The molecule has 100 valence electrons. The molecule has 2 heterocycles. The summed E-state index contributed by atoms with van der Waals surface area (Å²) in [6.45, 7) is 7.46. The van der Waals surface area contributed by atoms with Crippen molar-refractivity contribution in [2.45, 2.75) is 32.7 Å². The van der Waals surface area contributed by atoms with Crippen LogP contribution in [-0.2, 0) is 10.2 Å². The summed E-state index contributed by atoms with van der Waals surface area (Å²) in [7, 11) is -3.22. The molecule has 0 aromatic heterocycles. The molecule has 2 fully saturated rings. The number of hydrogen-bond donors (Lipinski definition) is 1. The quantitative estimate of drug-likeness (QED) is 0.775. The second kappa shape index (κ2) is 5.22. The maximum atomic E-state index is 12.5. The van der Waals surface area contributed by atoms with E-state index in [4.69, 9.17) is 0 Å². The predicted molar refractivity (Wildman–Crippen MR) is 67.9 cm³/mol. The third-order valence-electron chi connectivity index (χ3n) is 3.60. The molecule has 2 aliphatic heterocycles. The van der Waals surface area contributed by atoms with Crippen LogP contribution in [0, 0.1) is 5.92 Å². The van der Waals surface area contributed by atoms with Crippen LogP contribution in [0.15, 0.2) is 0 Å². The largest absolute Gasteiger partial charge is 0.312 e. The molecule has 2 saturated heterocycles. The smallest absolute Gasteiger partial charge is 0.282 e. The number of piperidine rings is 1. The van der Waals surface area contributed by atoms with Gasteiger partial charge in [0.1, 0.15) is 0 Å². The van der Waals surface area contributed by atoms with Crippen LogP contribution < -0.4 is 5.32 Å². The zero-order chi connectivity index (χ0) is 12.5. The molecule has 0 radical (unpaired) electrons. The first kappa shape index (κ1) is 13.3. The Morgan fingerprint density at radius 1 is 1.12 bits per heavy atom. The first-order valence-corrected chi connectivity index (χ1v) is 7.88. The summed E-state index contributed by atoms with van der Waals surface area (Å²) in [5.41, 5.74) is 0. The fourth-order valence-corrected chi connectivity index (χ4v) is 4.49. The van der Waals surface area contributed by atoms with Gasteiger partial charge in [-0.3, -0.25) is 0 Å². The van der Waals surface area contributed by atoms with Crippen LogP contribution in [0.2, 0.25) is 0 Å². The van der Waals surface area contributed by atoms with Crippen LogP contribution in [0.25, 0.3) is 0 Å². The van der Waals surface area contributed by atoms with Crippen LogP contribution in [0.3, 0.4) is 0 Å². The lowest BCUT2D eigenvalue weighted by Gasteiger charge is -2.37. The van der Waals surface area contributed by atoms with Crippen molar-refractivity contribution in [3.05, 3.63) is 0 Å². The Bertz CT molecular complexity index is 330. The molecule has 0 spiro atoms. The molecule has 2 rings (SSSR count). The molecule has 5 nitrogen and oxygen atoms in total. The fraction of sp³-hybridized carbons (Fsp3) is 1.00. The van der Waals surface area contributed by atoms with Gasteiger partial charge in [0.2, 0.25) is 0 Å². The van der Waals surface area contributed by atoms with Gasteiger partial charge >= 0.3 is 0 Å². The van der Waals surface area contributed by atoms with Crippen LogP contribution >= 0.6 is 0 Å². The molecule has 2 aliphatic rings. The number of nitrogens with one attached hydrogen (secondary N) is 1. The van der Waals surface area contributed by atoms with Gasteiger partial charge in [-0.15, -0.1) is 0 Å². The highest BCUT2D eigenvalue weighted by atomic mass is 32.2. The van der Waals surface area contributed by atoms with E-state index < -0.39 is 10.2 Å². The molecule has 0 aliphatic carbocycles. The minimum Gasteiger partial charge on any atom is -0.312 e. The lowest BCUT2D eigenvalue weighted by atomic mass is 10.0. The van der Waals surface area contributed by atoms with Crippen molar-refractivity contribution in [3.8, 4) is 0 Å². The summed E-state index contributed by atoms with van der Waals surface area (Å²) < 4.78 is 28.2. The van der Waals surface area contributed by atoms with E-state index in [0.29, 0.717) is 32.1 Å². The Morgan fingerprint density at radius 2 is 1.82 bits per heavy atom. The Balaban J connectivity index is 2.06. The first-order valence-electron chi connectivity index (χ1n) is 6.49. The predicted octanol–water partition coefficient (Wildman–Crippen LogP) is 0.257. The van der Waals surface area contributed by atoms with Crippen molar-refractivity contribution in [2.75, 3.05) is 32.7 Å². The molecule has 0 amide bonds. The highest BCUT2D eigenvalue weighted by Gasteiger charge is 2.34. The zero-order valence-electron chi connectivity index (χ0n) is 10.7. The third kappa shape index (κ3) is 2.99. The standard InChI is InChI=1S/C11H23N3O2S/c1-10-4-3-6-13(8-10)17(15,16)14-7-5-12-11(2)9-14/h10-12H,3-9H2,1-2H3. The van der Waals surface area contributed by atoms with Gasteiger partial charge in [0.15, 0.2) is 0 Å². The van der Waals surface area contributed by atoms with Crippen molar-refractivity contribution in [1.82, 2.24) is 13.9 Å². The van der Waals surface area contributed by atoms with E-state index in [1.165, 1.54) is 0 Å². The molecule has 0 aromatic rings. The molecule has 2 unspecified atom stereocenters. The number of rotatable bonds is 2. The van der Waals surface area contributed by atoms with Crippen LogP contribution in [0.1, 0.15) is 26.7 Å². The van der Waals surface area contributed by atoms with Gasteiger partial charge in [0, 0.05) is 38.8 Å². The topological polar surface area (TPSA) is 52.7 Å². The number of nitrogens with zero attached hydrogens (tertiary/aromatic N) is 2. The maximum Gasteiger partial charge on any atom is 0.282 e. The van der Waals surface area contributed by atoms with E-state index in [9.17, 15) is 8.42 Å². The molecular weight excluding hydrogens is 238 g/mol. The van der Waals surface area contributed by atoms with Crippen LogP contribution in [-0.4, -0.2) is 55.8 Å². The van der Waals surface area contributed by atoms with Crippen molar-refractivity contribution in [2.24, 2.45) is 5.92 Å². The van der Waals surface area contributed by atoms with Crippen LogP contribution in [0.5, 0.6) is 0 Å². The highest BCUT2D eigenvalue weighted by Crippen LogP contribution is 2.21. The Kier molecular flexibility index (Phi) is 4.07. The van der Waals surface area contributed by atoms with Crippen molar-refractivity contribution in [1.29, 1.82) is 0 Å². The van der Waals surface area contributed by atoms with Gasteiger partial charge in [0.25, 0.3) is 10.2 Å². The van der Waals surface area contributed by atoms with Crippen molar-refractivity contribution >= 4 is 10.2 Å². The summed E-state index contributed by atoms with van der Waals surface area (Å²) in [6.07, 6.45) is 2.13. The SMILES string of the molecule is CC1CCCN(S(=O)(=O)N2CCNC(C)C2)C1. The van der Waals surface area contributed by atoms with Crippen LogP contribution in [0.4, 0.5) is 0 Å². The summed E-state index contributed by atoms with van der Waals surface area (Å²) in [6, 6.07) is 0.251. The summed E-state index contributed by atoms with van der Waals surface area (Å²) >= 11 is 0. The summed E-state index contributed by atoms with van der Waals surface area (Å²) in [5.74, 6) is 0.485. The second-order valence-corrected chi connectivity index (χ2v) is 7.25. The fourth-order valence-electron chi connectivity index (χ4n) is 2.63. The number of hydrogen-bond acceptors (Lipinski definition) is 3. The zero-order valence-corrected chi connectivity index (χ0v) is 11.5. The normalized spacial score (nSPS) is 33.8. The van der Waals surface area contributed by atoms with Gasteiger partial charge in [-0.2, -0.15) is 17.0 Å². The monoisotopic (exact) mass is 261 g/mol. The van der Waals surface area contributed by atoms with Gasteiger partial charge in [0.05, 0.1) is 0 Å². The minimum absolute atomic E-state index is 0.251. The average molecular weight is 261 g/mol. The van der Waals surface area contributed by atoms with Crippen molar-refractivity contribution in [3.63, 3.8) is 0 Å².